The van der Waals surface area contributed by atoms with E-state index < -0.39 is 0 Å². The van der Waals surface area contributed by atoms with Crippen molar-refractivity contribution < 1.29 is 14.4 Å². The molecule has 29 heavy (non-hydrogen) atoms. The van der Waals surface area contributed by atoms with Crippen LogP contribution in [0.4, 0.5) is 5.13 Å². The largest absolute Gasteiger partial charge is 0.356 e. The number of aromatic nitrogens is 1. The number of rotatable bonds is 7. The Morgan fingerprint density at radius 3 is 2.66 bits per heavy atom. The molecule has 1 unspecified atom stereocenters. The molecule has 0 bridgehead atoms. The van der Waals surface area contributed by atoms with E-state index in [2.05, 4.69) is 15.2 Å². The lowest BCUT2D eigenvalue weighted by atomic mass is 9.98. The third-order valence-corrected chi connectivity index (χ3v) is 6.29. The number of fused-ring (bicyclic) bond motifs is 1. The summed E-state index contributed by atoms with van der Waals surface area (Å²) in [5, 5.41) is 6.04. The van der Waals surface area contributed by atoms with Gasteiger partial charge in [0.05, 0.1) is 11.1 Å². The van der Waals surface area contributed by atoms with Gasteiger partial charge < -0.3 is 10.2 Å². The van der Waals surface area contributed by atoms with Crippen LogP contribution in [0.25, 0.3) is 0 Å². The smallest absolute Gasteiger partial charge is 0.261 e. The van der Waals surface area contributed by atoms with E-state index in [0.717, 1.165) is 31.1 Å². The van der Waals surface area contributed by atoms with Crippen LogP contribution in [0.3, 0.4) is 0 Å². The maximum absolute atomic E-state index is 12.3. The maximum Gasteiger partial charge on any atom is 0.261 e. The lowest BCUT2D eigenvalue weighted by molar-refractivity contribution is -0.121. The van der Waals surface area contributed by atoms with Crippen molar-refractivity contribution in [2.24, 2.45) is 5.92 Å². The molecule has 1 aromatic carbocycles. The number of hydrogen-bond acceptors (Lipinski definition) is 6. The number of nitrogens with one attached hydrogen (secondary N) is 1. The molecule has 152 valence electrons. The maximum atomic E-state index is 12.3. The molecule has 0 saturated carbocycles. The highest BCUT2D eigenvalue weighted by Crippen LogP contribution is 2.25. The zero-order chi connectivity index (χ0) is 20.2. The standard InChI is InChI=1S/C21H24N4O3S/c26-18(23-13-15-5-3-10-24(14-15)21-22-9-12-29-21)8-4-11-25-19(27)16-6-1-2-7-17(16)20(25)28/h1-2,6-7,9,12,15H,3-5,8,10-11,13-14H2,(H,23,26). The molecule has 0 radical (unpaired) electrons. The van der Waals surface area contributed by atoms with Gasteiger partial charge in [0.15, 0.2) is 5.13 Å². The molecule has 0 spiro atoms. The van der Waals surface area contributed by atoms with E-state index in [1.54, 1.807) is 35.6 Å². The van der Waals surface area contributed by atoms with Crippen LogP contribution in [0.5, 0.6) is 0 Å². The molecule has 7 nitrogen and oxygen atoms in total. The van der Waals surface area contributed by atoms with Crippen molar-refractivity contribution in [3.05, 3.63) is 47.0 Å². The van der Waals surface area contributed by atoms with E-state index in [-0.39, 0.29) is 24.3 Å². The average molecular weight is 413 g/mol. The molecule has 3 heterocycles. The van der Waals surface area contributed by atoms with Gasteiger partial charge in [-0.25, -0.2) is 4.98 Å². The summed E-state index contributed by atoms with van der Waals surface area (Å²) in [6.45, 7) is 2.83. The molecule has 1 fully saturated rings. The Morgan fingerprint density at radius 2 is 1.97 bits per heavy atom. The van der Waals surface area contributed by atoms with E-state index in [1.807, 2.05) is 11.6 Å². The van der Waals surface area contributed by atoms with Crippen molar-refractivity contribution in [2.45, 2.75) is 25.7 Å². The summed E-state index contributed by atoms with van der Waals surface area (Å²) in [7, 11) is 0. The van der Waals surface area contributed by atoms with Crippen LogP contribution in [0.1, 0.15) is 46.4 Å². The van der Waals surface area contributed by atoms with Crippen LogP contribution in [0, 0.1) is 5.92 Å². The number of hydrogen-bond donors (Lipinski definition) is 1. The number of thiazole rings is 1. The normalized spacial score (nSPS) is 18.8. The number of amides is 3. The highest BCUT2D eigenvalue weighted by atomic mass is 32.1. The second-order valence-corrected chi connectivity index (χ2v) is 8.36. The summed E-state index contributed by atoms with van der Waals surface area (Å²) in [5.41, 5.74) is 0.896. The Hall–Kier alpha value is -2.74. The third-order valence-electron chi connectivity index (χ3n) is 5.46. The van der Waals surface area contributed by atoms with Gasteiger partial charge in [0, 0.05) is 44.2 Å². The van der Waals surface area contributed by atoms with Gasteiger partial charge in [0.25, 0.3) is 11.8 Å². The Kier molecular flexibility index (Phi) is 5.89. The summed E-state index contributed by atoms with van der Waals surface area (Å²) < 4.78 is 0. The first-order valence-electron chi connectivity index (χ1n) is 10.00. The first-order chi connectivity index (χ1) is 14.1. The van der Waals surface area contributed by atoms with E-state index in [4.69, 9.17) is 0 Å². The van der Waals surface area contributed by atoms with Crippen molar-refractivity contribution in [1.82, 2.24) is 15.2 Å². The first-order valence-corrected chi connectivity index (χ1v) is 10.9. The second-order valence-electron chi connectivity index (χ2n) is 7.48. The molecule has 1 atom stereocenters. The molecular formula is C21H24N4O3S. The lowest BCUT2D eigenvalue weighted by Crippen LogP contribution is -2.41. The monoisotopic (exact) mass is 412 g/mol. The molecule has 8 heteroatoms. The molecule has 1 N–H and O–H groups in total. The summed E-state index contributed by atoms with van der Waals surface area (Å²) in [4.78, 5) is 44.8. The van der Waals surface area contributed by atoms with Crippen LogP contribution in [-0.4, -0.2) is 53.8 Å². The van der Waals surface area contributed by atoms with E-state index in [1.165, 1.54) is 4.90 Å². The van der Waals surface area contributed by atoms with E-state index in [0.29, 0.717) is 36.4 Å². The van der Waals surface area contributed by atoms with E-state index in [9.17, 15) is 14.4 Å². The number of imide groups is 1. The molecule has 1 saturated heterocycles. The molecule has 2 aromatic rings. The summed E-state index contributed by atoms with van der Waals surface area (Å²) in [5.74, 6) is -0.160. The fraction of sp³-hybridized carbons (Fsp3) is 0.429. The summed E-state index contributed by atoms with van der Waals surface area (Å²) in [6.07, 6.45) is 4.78. The van der Waals surface area contributed by atoms with Crippen LogP contribution < -0.4 is 10.2 Å². The molecule has 2 aliphatic rings. The first kappa shape index (κ1) is 19.6. The van der Waals surface area contributed by atoms with Gasteiger partial charge in [-0.3, -0.25) is 19.3 Å². The number of benzene rings is 1. The third kappa shape index (κ3) is 4.32. The highest BCUT2D eigenvalue weighted by molar-refractivity contribution is 7.13. The number of piperidine rings is 1. The Balaban J connectivity index is 1.19. The van der Waals surface area contributed by atoms with Crippen molar-refractivity contribution in [1.29, 1.82) is 0 Å². The molecule has 1 aromatic heterocycles. The summed E-state index contributed by atoms with van der Waals surface area (Å²) >= 11 is 1.64. The molecule has 4 rings (SSSR count). The number of anilines is 1. The van der Waals surface area contributed by atoms with Gasteiger partial charge >= 0.3 is 0 Å². The quantitative estimate of drug-likeness (QED) is 0.707. The number of carbonyl (C=O) groups is 3. The fourth-order valence-corrected chi connectivity index (χ4v) is 4.64. The van der Waals surface area contributed by atoms with Gasteiger partial charge in [0.2, 0.25) is 5.91 Å². The Labute approximate surface area is 173 Å². The zero-order valence-electron chi connectivity index (χ0n) is 16.2. The SMILES string of the molecule is O=C(CCCN1C(=O)c2ccccc2C1=O)NCC1CCCN(c2nccs2)C1. The van der Waals surface area contributed by atoms with Crippen LogP contribution in [0.15, 0.2) is 35.8 Å². The highest BCUT2D eigenvalue weighted by Gasteiger charge is 2.34. The number of carbonyl (C=O) groups excluding carboxylic acids is 3. The second kappa shape index (κ2) is 8.73. The minimum atomic E-state index is -0.268. The Morgan fingerprint density at radius 1 is 1.21 bits per heavy atom. The predicted octanol–water partition coefficient (Wildman–Crippen LogP) is 2.55. The zero-order valence-corrected chi connectivity index (χ0v) is 17.0. The van der Waals surface area contributed by atoms with Crippen molar-refractivity contribution in [2.75, 3.05) is 31.1 Å². The molecule has 2 aliphatic heterocycles. The predicted molar refractivity (Wildman–Crippen MR) is 111 cm³/mol. The van der Waals surface area contributed by atoms with Gasteiger partial charge in [-0.1, -0.05) is 12.1 Å². The topological polar surface area (TPSA) is 82.6 Å². The van der Waals surface area contributed by atoms with Crippen LogP contribution in [0.2, 0.25) is 0 Å². The molecule has 3 amide bonds. The summed E-state index contributed by atoms with van der Waals surface area (Å²) in [6, 6.07) is 6.84. The molecular weight excluding hydrogens is 388 g/mol. The van der Waals surface area contributed by atoms with Crippen molar-refractivity contribution in [3.8, 4) is 0 Å². The lowest BCUT2D eigenvalue weighted by Gasteiger charge is -2.32. The van der Waals surface area contributed by atoms with Crippen molar-refractivity contribution in [3.63, 3.8) is 0 Å². The Bertz CT molecular complexity index is 864. The van der Waals surface area contributed by atoms with Gasteiger partial charge in [-0.15, -0.1) is 11.3 Å². The van der Waals surface area contributed by atoms with Gasteiger partial charge in [-0.2, -0.15) is 0 Å². The molecule has 0 aliphatic carbocycles. The average Bonchev–Trinajstić information content (AvgIpc) is 3.36. The van der Waals surface area contributed by atoms with Crippen LogP contribution >= 0.6 is 11.3 Å². The van der Waals surface area contributed by atoms with Crippen molar-refractivity contribution >= 4 is 34.2 Å². The van der Waals surface area contributed by atoms with Crippen LogP contribution in [-0.2, 0) is 4.79 Å². The van der Waals surface area contributed by atoms with E-state index >= 15 is 0 Å². The minimum absolute atomic E-state index is 0.0343. The fourth-order valence-electron chi connectivity index (χ4n) is 3.96. The van der Waals surface area contributed by atoms with Gasteiger partial charge in [0.1, 0.15) is 0 Å². The van der Waals surface area contributed by atoms with Gasteiger partial charge in [-0.05, 0) is 37.3 Å². The number of nitrogens with zero attached hydrogens (tertiary/aromatic N) is 3. The minimum Gasteiger partial charge on any atom is -0.356 e.